The monoisotopic (exact) mass is 225 g/mol. The molecule has 1 aromatic carbocycles. The predicted octanol–water partition coefficient (Wildman–Crippen LogP) is 0.910. The minimum Gasteiger partial charge on any atom is -0.489 e. The summed E-state index contributed by atoms with van der Waals surface area (Å²) in [6, 6.07) is 5.97. The lowest BCUT2D eigenvalue weighted by Crippen LogP contribution is -2.32. The van der Waals surface area contributed by atoms with E-state index >= 15 is 0 Å². The number of benzene rings is 1. The van der Waals surface area contributed by atoms with E-state index < -0.39 is 17.5 Å². The molecule has 0 aromatic heterocycles. The number of nitrogens with one attached hydrogen (secondary N) is 1. The maximum absolute atomic E-state index is 13.0. The zero-order valence-corrected chi connectivity index (χ0v) is 8.83. The van der Waals surface area contributed by atoms with Crippen LogP contribution in [-0.2, 0) is 9.59 Å². The van der Waals surface area contributed by atoms with Crippen molar-refractivity contribution in [3.63, 3.8) is 0 Å². The highest BCUT2D eigenvalue weighted by Gasteiger charge is 2.06. The summed E-state index contributed by atoms with van der Waals surface area (Å²) in [6.07, 6.45) is 0. The molecule has 0 spiro atoms. The van der Waals surface area contributed by atoms with Crippen molar-refractivity contribution >= 4 is 11.7 Å². The SMILES string of the molecule is CC(=O)C(=O)NCCOc1ccccc1F. The average molecular weight is 225 g/mol. The Morgan fingerprint density at radius 3 is 2.69 bits per heavy atom. The van der Waals surface area contributed by atoms with Gasteiger partial charge in [0.25, 0.3) is 5.91 Å². The first-order valence-corrected chi connectivity index (χ1v) is 4.77. The summed E-state index contributed by atoms with van der Waals surface area (Å²) in [5.41, 5.74) is 0. The van der Waals surface area contributed by atoms with Crippen LogP contribution in [0.2, 0.25) is 0 Å². The number of hydrogen-bond acceptors (Lipinski definition) is 3. The van der Waals surface area contributed by atoms with Crippen LogP contribution in [0.4, 0.5) is 4.39 Å². The smallest absolute Gasteiger partial charge is 0.287 e. The van der Waals surface area contributed by atoms with Gasteiger partial charge in [0.1, 0.15) is 6.61 Å². The summed E-state index contributed by atoms with van der Waals surface area (Å²) in [6.45, 7) is 1.44. The molecule has 0 radical (unpaired) electrons. The van der Waals surface area contributed by atoms with Crippen molar-refractivity contribution in [2.24, 2.45) is 0 Å². The topological polar surface area (TPSA) is 55.4 Å². The molecule has 4 nitrogen and oxygen atoms in total. The zero-order chi connectivity index (χ0) is 12.0. The molecule has 1 aromatic rings. The molecule has 0 aliphatic heterocycles. The van der Waals surface area contributed by atoms with Crippen LogP contribution in [0.15, 0.2) is 24.3 Å². The van der Waals surface area contributed by atoms with Crippen LogP contribution in [0.1, 0.15) is 6.92 Å². The van der Waals surface area contributed by atoms with Crippen molar-refractivity contribution in [3.8, 4) is 5.75 Å². The molecular formula is C11H12FNO3. The number of ether oxygens (including phenoxy) is 1. The molecular weight excluding hydrogens is 213 g/mol. The van der Waals surface area contributed by atoms with Crippen LogP contribution < -0.4 is 10.1 Å². The Kier molecular flexibility index (Phi) is 4.44. The van der Waals surface area contributed by atoms with Gasteiger partial charge in [-0.15, -0.1) is 0 Å². The van der Waals surface area contributed by atoms with E-state index in [1.54, 1.807) is 12.1 Å². The maximum Gasteiger partial charge on any atom is 0.287 e. The molecule has 0 aliphatic rings. The van der Waals surface area contributed by atoms with E-state index in [4.69, 9.17) is 4.74 Å². The number of Topliss-reactive ketones (excluding diaryl/α,β-unsaturated/α-hetero) is 1. The van der Waals surface area contributed by atoms with Gasteiger partial charge in [-0.25, -0.2) is 4.39 Å². The van der Waals surface area contributed by atoms with Gasteiger partial charge in [0, 0.05) is 6.92 Å². The average Bonchev–Trinajstić information content (AvgIpc) is 2.26. The van der Waals surface area contributed by atoms with Crippen molar-refractivity contribution in [1.29, 1.82) is 0 Å². The van der Waals surface area contributed by atoms with Crippen molar-refractivity contribution in [3.05, 3.63) is 30.1 Å². The van der Waals surface area contributed by atoms with Gasteiger partial charge < -0.3 is 10.1 Å². The van der Waals surface area contributed by atoms with Crippen LogP contribution in [0, 0.1) is 5.82 Å². The molecule has 0 saturated carbocycles. The highest BCUT2D eigenvalue weighted by atomic mass is 19.1. The second-order valence-corrected chi connectivity index (χ2v) is 3.09. The third kappa shape index (κ3) is 3.68. The van der Waals surface area contributed by atoms with Gasteiger partial charge in [0.15, 0.2) is 11.6 Å². The number of carbonyl (C=O) groups is 2. The molecule has 1 N–H and O–H groups in total. The summed E-state index contributed by atoms with van der Waals surface area (Å²) < 4.78 is 18.1. The Hall–Kier alpha value is -1.91. The first-order chi connectivity index (χ1) is 7.61. The Morgan fingerprint density at radius 2 is 2.06 bits per heavy atom. The first kappa shape index (κ1) is 12.2. The van der Waals surface area contributed by atoms with Crippen LogP contribution in [-0.4, -0.2) is 24.8 Å². The maximum atomic E-state index is 13.0. The highest BCUT2D eigenvalue weighted by molar-refractivity contribution is 6.35. The zero-order valence-electron chi connectivity index (χ0n) is 8.83. The fourth-order valence-electron chi connectivity index (χ4n) is 1.01. The van der Waals surface area contributed by atoms with Crippen LogP contribution >= 0.6 is 0 Å². The van der Waals surface area contributed by atoms with E-state index in [9.17, 15) is 14.0 Å². The van der Waals surface area contributed by atoms with E-state index in [0.717, 1.165) is 0 Å². The minimum atomic E-state index is -0.669. The normalized spacial score (nSPS) is 9.62. The van der Waals surface area contributed by atoms with E-state index in [-0.39, 0.29) is 18.9 Å². The van der Waals surface area contributed by atoms with Crippen molar-refractivity contribution in [1.82, 2.24) is 5.32 Å². The van der Waals surface area contributed by atoms with Crippen molar-refractivity contribution < 1.29 is 18.7 Å². The molecule has 1 amide bonds. The minimum absolute atomic E-state index is 0.111. The fraction of sp³-hybridized carbons (Fsp3) is 0.273. The highest BCUT2D eigenvalue weighted by Crippen LogP contribution is 2.14. The number of amides is 1. The Labute approximate surface area is 92.4 Å². The van der Waals surface area contributed by atoms with Gasteiger partial charge >= 0.3 is 0 Å². The molecule has 5 heteroatoms. The quantitative estimate of drug-likeness (QED) is 0.598. The van der Waals surface area contributed by atoms with E-state index in [2.05, 4.69) is 5.32 Å². The van der Waals surface area contributed by atoms with Crippen molar-refractivity contribution in [2.75, 3.05) is 13.2 Å². The number of carbonyl (C=O) groups excluding carboxylic acids is 2. The van der Waals surface area contributed by atoms with Gasteiger partial charge in [-0.3, -0.25) is 9.59 Å². The molecule has 0 heterocycles. The Bertz CT molecular complexity index is 393. The standard InChI is InChI=1S/C11H12FNO3/c1-8(14)11(15)13-6-7-16-10-5-3-2-4-9(10)12/h2-5H,6-7H2,1H3,(H,13,15). The molecule has 0 fully saturated rings. The lowest BCUT2D eigenvalue weighted by Gasteiger charge is -2.07. The summed E-state index contributed by atoms with van der Waals surface area (Å²) in [5, 5.41) is 2.34. The number of rotatable bonds is 5. The van der Waals surface area contributed by atoms with E-state index in [1.165, 1.54) is 19.1 Å². The molecule has 0 unspecified atom stereocenters. The molecule has 86 valence electrons. The summed E-state index contributed by atoms with van der Waals surface area (Å²) in [4.78, 5) is 21.4. The number of ketones is 1. The van der Waals surface area contributed by atoms with E-state index in [1.807, 2.05) is 0 Å². The second-order valence-electron chi connectivity index (χ2n) is 3.09. The predicted molar refractivity (Wildman–Crippen MR) is 55.6 cm³/mol. The number of hydrogen-bond donors (Lipinski definition) is 1. The van der Waals surface area contributed by atoms with Gasteiger partial charge in [-0.05, 0) is 12.1 Å². The van der Waals surface area contributed by atoms with Gasteiger partial charge in [0.2, 0.25) is 5.78 Å². The lowest BCUT2D eigenvalue weighted by molar-refractivity contribution is -0.136. The summed E-state index contributed by atoms with van der Waals surface area (Å²) in [7, 11) is 0. The largest absolute Gasteiger partial charge is 0.489 e. The molecule has 16 heavy (non-hydrogen) atoms. The van der Waals surface area contributed by atoms with Gasteiger partial charge in [0.05, 0.1) is 6.54 Å². The molecule has 0 saturated heterocycles. The summed E-state index contributed by atoms with van der Waals surface area (Å²) in [5.74, 6) is -1.57. The number of para-hydroxylation sites is 1. The third-order valence-corrected chi connectivity index (χ3v) is 1.80. The van der Waals surface area contributed by atoms with Crippen LogP contribution in [0.25, 0.3) is 0 Å². The van der Waals surface area contributed by atoms with Crippen LogP contribution in [0.3, 0.4) is 0 Å². The second kappa shape index (κ2) is 5.85. The summed E-state index contributed by atoms with van der Waals surface area (Å²) >= 11 is 0. The first-order valence-electron chi connectivity index (χ1n) is 4.77. The van der Waals surface area contributed by atoms with Crippen molar-refractivity contribution in [2.45, 2.75) is 6.92 Å². The number of halogens is 1. The molecule has 0 atom stereocenters. The van der Waals surface area contributed by atoms with E-state index in [0.29, 0.717) is 0 Å². The van der Waals surface area contributed by atoms with Gasteiger partial charge in [-0.1, -0.05) is 12.1 Å². The fourth-order valence-corrected chi connectivity index (χ4v) is 1.01. The molecule has 0 bridgehead atoms. The molecule has 1 rings (SSSR count). The van der Waals surface area contributed by atoms with Crippen LogP contribution in [0.5, 0.6) is 5.75 Å². The lowest BCUT2D eigenvalue weighted by atomic mass is 10.3. The van der Waals surface area contributed by atoms with Gasteiger partial charge in [-0.2, -0.15) is 0 Å². The third-order valence-electron chi connectivity index (χ3n) is 1.80. The Morgan fingerprint density at radius 1 is 1.38 bits per heavy atom. The molecule has 0 aliphatic carbocycles. The Balaban J connectivity index is 2.29.